The number of halogens is 2. The molecule has 1 aliphatic heterocycles. The summed E-state index contributed by atoms with van der Waals surface area (Å²) < 4.78 is 23.7. The molecule has 1 atom stereocenters. The van der Waals surface area contributed by atoms with Crippen LogP contribution in [-0.2, 0) is 16.0 Å². The van der Waals surface area contributed by atoms with Gasteiger partial charge in [0.1, 0.15) is 17.6 Å². The maximum Gasteiger partial charge on any atom is 0.410 e. The summed E-state index contributed by atoms with van der Waals surface area (Å²) in [6, 6.07) is 8.00. The first-order valence-electron chi connectivity index (χ1n) is 8.22. The number of fused-ring (bicyclic) bond motifs is 1. The Morgan fingerprint density at radius 2 is 2.00 bits per heavy atom. The van der Waals surface area contributed by atoms with Crippen LogP contribution in [0.1, 0.15) is 17.2 Å². The highest BCUT2D eigenvalue weighted by molar-refractivity contribution is 6.32. The molecule has 8 heteroatoms. The van der Waals surface area contributed by atoms with Crippen LogP contribution in [-0.4, -0.2) is 37.7 Å². The van der Waals surface area contributed by atoms with E-state index < -0.39 is 23.9 Å². The highest BCUT2D eigenvalue weighted by atomic mass is 35.5. The molecule has 27 heavy (non-hydrogen) atoms. The Morgan fingerprint density at radius 1 is 1.22 bits per heavy atom. The van der Waals surface area contributed by atoms with Crippen LogP contribution in [0.25, 0.3) is 0 Å². The maximum absolute atomic E-state index is 13.8. The largest absolute Gasteiger partial charge is 0.495 e. The van der Waals surface area contributed by atoms with E-state index >= 15 is 0 Å². The average Bonchev–Trinajstić information content (AvgIpc) is 2.66. The molecule has 142 valence electrons. The zero-order valence-electron chi connectivity index (χ0n) is 14.8. The number of hydrogen-bond acceptors (Lipinski definition) is 4. The van der Waals surface area contributed by atoms with Crippen molar-refractivity contribution in [3.8, 4) is 5.75 Å². The minimum atomic E-state index is -1.02. The maximum atomic E-state index is 13.8. The molecule has 0 saturated heterocycles. The minimum Gasteiger partial charge on any atom is -0.495 e. The third-order valence-corrected chi connectivity index (χ3v) is 4.71. The summed E-state index contributed by atoms with van der Waals surface area (Å²) in [5.74, 6) is -0.505. The van der Waals surface area contributed by atoms with Crippen LogP contribution in [0.4, 0.5) is 14.9 Å². The first-order chi connectivity index (χ1) is 12.9. The molecule has 2 aromatic rings. The van der Waals surface area contributed by atoms with E-state index in [1.807, 2.05) is 0 Å². The first kappa shape index (κ1) is 19.0. The van der Waals surface area contributed by atoms with Gasteiger partial charge in [0.2, 0.25) is 0 Å². The molecule has 1 N–H and O–H groups in total. The third-order valence-electron chi connectivity index (χ3n) is 4.41. The molecule has 1 unspecified atom stereocenters. The smallest absolute Gasteiger partial charge is 0.410 e. The van der Waals surface area contributed by atoms with Crippen LogP contribution in [0.3, 0.4) is 0 Å². The normalized spacial score (nSPS) is 15.7. The Bertz CT molecular complexity index is 890. The fraction of sp³-hybridized carbons (Fsp3) is 0.263. The molecule has 0 aromatic heterocycles. The van der Waals surface area contributed by atoms with Crippen molar-refractivity contribution in [1.82, 2.24) is 4.90 Å². The molecule has 1 heterocycles. The molecule has 0 radical (unpaired) electrons. The number of nitrogens with zero attached hydrogens (tertiary/aromatic N) is 1. The molecule has 0 saturated carbocycles. The Labute approximate surface area is 160 Å². The van der Waals surface area contributed by atoms with Crippen LogP contribution in [0.2, 0.25) is 5.02 Å². The molecule has 2 aromatic carbocycles. The van der Waals surface area contributed by atoms with E-state index in [9.17, 15) is 14.0 Å². The third kappa shape index (κ3) is 3.83. The van der Waals surface area contributed by atoms with E-state index in [0.29, 0.717) is 28.4 Å². The van der Waals surface area contributed by atoms with Gasteiger partial charge in [0.25, 0.3) is 5.91 Å². The second kappa shape index (κ2) is 7.84. The number of rotatable bonds is 3. The van der Waals surface area contributed by atoms with Crippen molar-refractivity contribution >= 4 is 29.3 Å². The lowest BCUT2D eigenvalue weighted by molar-refractivity contribution is -0.121. The number of nitrogens with one attached hydrogen (secondary N) is 1. The standard InChI is InChI=1S/C19H18ClFN2O4/c1-26-16-6-5-13(10-15(16)20)22-18(24)17-14-9-12(21)4-3-11(14)7-8-23(17)19(25)27-2/h3-6,9-10,17H,7-8H2,1-2H3,(H,22,24). The summed E-state index contributed by atoms with van der Waals surface area (Å²) in [6.07, 6.45) is -0.152. The lowest BCUT2D eigenvalue weighted by atomic mass is 9.92. The van der Waals surface area contributed by atoms with Gasteiger partial charge in [-0.15, -0.1) is 0 Å². The van der Waals surface area contributed by atoms with E-state index in [1.165, 1.54) is 37.3 Å². The number of benzene rings is 2. The average molecular weight is 393 g/mol. The number of carbonyl (C=O) groups excluding carboxylic acids is 2. The number of carbonyl (C=O) groups is 2. The number of methoxy groups -OCH3 is 2. The quantitative estimate of drug-likeness (QED) is 0.862. The van der Waals surface area contributed by atoms with Crippen molar-refractivity contribution in [2.75, 3.05) is 26.1 Å². The van der Waals surface area contributed by atoms with Crippen LogP contribution in [0.15, 0.2) is 36.4 Å². The Morgan fingerprint density at radius 3 is 2.67 bits per heavy atom. The summed E-state index contributed by atoms with van der Waals surface area (Å²) >= 11 is 6.09. The van der Waals surface area contributed by atoms with E-state index in [2.05, 4.69) is 5.32 Å². The van der Waals surface area contributed by atoms with Crippen molar-refractivity contribution in [3.63, 3.8) is 0 Å². The van der Waals surface area contributed by atoms with Crippen LogP contribution >= 0.6 is 11.6 Å². The molecule has 6 nitrogen and oxygen atoms in total. The second-order valence-electron chi connectivity index (χ2n) is 6.00. The Balaban J connectivity index is 1.95. The zero-order valence-corrected chi connectivity index (χ0v) is 15.5. The van der Waals surface area contributed by atoms with E-state index in [0.717, 1.165) is 5.56 Å². The van der Waals surface area contributed by atoms with Crippen LogP contribution in [0, 0.1) is 5.82 Å². The van der Waals surface area contributed by atoms with E-state index in [1.54, 1.807) is 18.2 Å². The number of hydrogen-bond donors (Lipinski definition) is 1. The van der Waals surface area contributed by atoms with Crippen molar-refractivity contribution in [3.05, 3.63) is 58.4 Å². The van der Waals surface area contributed by atoms with Gasteiger partial charge in [-0.2, -0.15) is 0 Å². The van der Waals surface area contributed by atoms with E-state index in [4.69, 9.17) is 21.1 Å². The van der Waals surface area contributed by atoms with Crippen LogP contribution in [0.5, 0.6) is 5.75 Å². The predicted octanol–water partition coefficient (Wildman–Crippen LogP) is 3.79. The summed E-state index contributed by atoms with van der Waals surface area (Å²) in [6.45, 7) is 0.284. The van der Waals surface area contributed by atoms with Gasteiger partial charge < -0.3 is 14.8 Å². The fourth-order valence-corrected chi connectivity index (χ4v) is 3.40. The van der Waals surface area contributed by atoms with Crippen molar-refractivity contribution in [2.24, 2.45) is 0 Å². The van der Waals surface area contributed by atoms with Gasteiger partial charge >= 0.3 is 6.09 Å². The monoisotopic (exact) mass is 392 g/mol. The Hall–Kier alpha value is -2.80. The summed E-state index contributed by atoms with van der Waals surface area (Å²) in [5.41, 5.74) is 1.67. The minimum absolute atomic E-state index is 0.284. The zero-order chi connectivity index (χ0) is 19.6. The highest BCUT2D eigenvalue weighted by Crippen LogP contribution is 2.33. The number of ether oxygens (including phenoxy) is 2. The summed E-state index contributed by atoms with van der Waals surface area (Å²) in [5, 5.41) is 3.05. The molecule has 2 amide bonds. The molecular weight excluding hydrogens is 375 g/mol. The van der Waals surface area contributed by atoms with Gasteiger partial charge in [-0.3, -0.25) is 9.69 Å². The molecule has 1 aliphatic rings. The number of amides is 2. The molecule has 0 bridgehead atoms. The van der Waals surface area contributed by atoms with Gasteiger partial charge in [-0.25, -0.2) is 9.18 Å². The number of anilines is 1. The molecule has 0 spiro atoms. The lowest BCUT2D eigenvalue weighted by Crippen LogP contribution is -2.45. The SMILES string of the molecule is COC(=O)N1CCc2ccc(F)cc2C1C(=O)Nc1ccc(OC)c(Cl)c1. The van der Waals surface area contributed by atoms with E-state index in [-0.39, 0.29) is 6.54 Å². The fourth-order valence-electron chi connectivity index (χ4n) is 3.14. The van der Waals surface area contributed by atoms with Crippen molar-refractivity contribution in [2.45, 2.75) is 12.5 Å². The molecule has 3 rings (SSSR count). The molecule has 0 aliphatic carbocycles. The predicted molar refractivity (Wildman–Crippen MR) is 98.6 cm³/mol. The van der Waals surface area contributed by atoms with Gasteiger partial charge in [-0.05, 0) is 47.9 Å². The Kier molecular flexibility index (Phi) is 5.51. The van der Waals surface area contributed by atoms with Crippen LogP contribution < -0.4 is 10.1 Å². The molecular formula is C19H18ClFN2O4. The molecule has 0 fully saturated rings. The van der Waals surface area contributed by atoms with Crippen molar-refractivity contribution in [1.29, 1.82) is 0 Å². The topological polar surface area (TPSA) is 67.9 Å². The first-order valence-corrected chi connectivity index (χ1v) is 8.59. The lowest BCUT2D eigenvalue weighted by Gasteiger charge is -2.35. The van der Waals surface area contributed by atoms with Gasteiger partial charge in [0, 0.05) is 12.2 Å². The highest BCUT2D eigenvalue weighted by Gasteiger charge is 2.37. The van der Waals surface area contributed by atoms with Gasteiger partial charge in [0.05, 0.1) is 19.2 Å². The van der Waals surface area contributed by atoms with Gasteiger partial charge in [-0.1, -0.05) is 17.7 Å². The summed E-state index contributed by atoms with van der Waals surface area (Å²) in [4.78, 5) is 26.4. The van der Waals surface area contributed by atoms with Gasteiger partial charge in [0.15, 0.2) is 0 Å². The summed E-state index contributed by atoms with van der Waals surface area (Å²) in [7, 11) is 2.73. The second-order valence-corrected chi connectivity index (χ2v) is 6.40. The van der Waals surface area contributed by atoms with Crippen molar-refractivity contribution < 1.29 is 23.5 Å².